The van der Waals surface area contributed by atoms with Gasteiger partial charge in [-0.25, -0.2) is 4.57 Å². The van der Waals surface area contributed by atoms with E-state index in [9.17, 15) is 19.0 Å². The Balaban J connectivity index is 4.28. The molecule has 0 saturated heterocycles. The van der Waals surface area contributed by atoms with Gasteiger partial charge in [0.15, 0.2) is 6.10 Å². The summed E-state index contributed by atoms with van der Waals surface area (Å²) in [6, 6.07) is 0. The molecule has 0 aliphatic heterocycles. The summed E-state index contributed by atoms with van der Waals surface area (Å²) in [6.07, 6.45) is 41.1. The number of ether oxygens (including phenoxy) is 2. The first-order chi connectivity index (χ1) is 27.0. The summed E-state index contributed by atoms with van der Waals surface area (Å²) in [4.78, 5) is 35.4. The SMILES string of the molecule is CCCCCCCC/C=C\CCCCCCCCCCCC(=O)OC(COC(=O)CCCCCCCCCCCCCCC)COP(=O)(O)OCC[N+](C)(C)C. The third-order valence-corrected chi connectivity index (χ3v) is 11.3. The van der Waals surface area contributed by atoms with Crippen LogP contribution >= 0.6 is 7.82 Å². The van der Waals surface area contributed by atoms with Crippen molar-refractivity contribution in [2.75, 3.05) is 47.5 Å². The van der Waals surface area contributed by atoms with Crippen LogP contribution in [0.4, 0.5) is 0 Å². The summed E-state index contributed by atoms with van der Waals surface area (Å²) in [5.74, 6) is -0.790. The molecule has 2 atom stereocenters. The molecule has 10 heteroatoms. The number of carbonyl (C=O) groups is 2. The van der Waals surface area contributed by atoms with E-state index < -0.39 is 26.5 Å². The van der Waals surface area contributed by atoms with Crippen LogP contribution in [-0.4, -0.2) is 74.9 Å². The van der Waals surface area contributed by atoms with Gasteiger partial charge in [-0.1, -0.05) is 180 Å². The van der Waals surface area contributed by atoms with Crippen molar-refractivity contribution in [2.24, 2.45) is 0 Å². The lowest BCUT2D eigenvalue weighted by Crippen LogP contribution is -2.37. The molecule has 332 valence electrons. The number of likely N-dealkylation sites (N-methyl/N-ethyl adjacent to an activating group) is 1. The van der Waals surface area contributed by atoms with E-state index in [0.717, 1.165) is 32.1 Å². The van der Waals surface area contributed by atoms with E-state index in [1.807, 2.05) is 21.1 Å². The molecule has 0 aromatic carbocycles. The second kappa shape index (κ2) is 39.2. The van der Waals surface area contributed by atoms with Gasteiger partial charge in [-0.05, 0) is 38.5 Å². The van der Waals surface area contributed by atoms with Gasteiger partial charge in [-0.2, -0.15) is 0 Å². The second-order valence-corrected chi connectivity index (χ2v) is 18.6. The van der Waals surface area contributed by atoms with Crippen LogP contribution in [0.1, 0.15) is 219 Å². The van der Waals surface area contributed by atoms with Crippen molar-refractivity contribution in [2.45, 2.75) is 225 Å². The largest absolute Gasteiger partial charge is 0.472 e. The minimum Gasteiger partial charge on any atom is -0.462 e. The number of phosphoric acid groups is 1. The van der Waals surface area contributed by atoms with E-state index in [4.69, 9.17) is 18.5 Å². The second-order valence-electron chi connectivity index (χ2n) is 17.1. The van der Waals surface area contributed by atoms with Crippen LogP contribution in [0, 0.1) is 0 Å². The normalized spacial score (nSPS) is 13.6. The Morgan fingerprint density at radius 3 is 1.32 bits per heavy atom. The third-order valence-electron chi connectivity index (χ3n) is 10.3. The highest BCUT2D eigenvalue weighted by Gasteiger charge is 2.27. The number of hydrogen-bond acceptors (Lipinski definition) is 7. The number of allylic oxidation sites excluding steroid dienone is 2. The van der Waals surface area contributed by atoms with E-state index in [1.54, 1.807) is 0 Å². The molecule has 0 aliphatic carbocycles. The summed E-state index contributed by atoms with van der Waals surface area (Å²) in [7, 11) is 1.49. The highest BCUT2D eigenvalue weighted by molar-refractivity contribution is 7.47. The molecule has 0 bridgehead atoms. The van der Waals surface area contributed by atoms with Gasteiger partial charge in [0, 0.05) is 12.8 Å². The van der Waals surface area contributed by atoms with Gasteiger partial charge in [-0.15, -0.1) is 0 Å². The number of unbranched alkanes of at least 4 members (excludes halogenated alkanes) is 27. The van der Waals surface area contributed by atoms with Crippen molar-refractivity contribution in [1.82, 2.24) is 0 Å². The predicted octanol–water partition coefficient (Wildman–Crippen LogP) is 13.4. The minimum atomic E-state index is -4.37. The molecule has 0 saturated carbocycles. The van der Waals surface area contributed by atoms with Crippen molar-refractivity contribution in [3.05, 3.63) is 12.2 Å². The lowest BCUT2D eigenvalue weighted by atomic mass is 10.0. The molecule has 1 N–H and O–H groups in total. The first-order valence-corrected chi connectivity index (χ1v) is 24.9. The fraction of sp³-hybridized carbons (Fsp3) is 0.913. The van der Waals surface area contributed by atoms with E-state index in [0.29, 0.717) is 23.9 Å². The van der Waals surface area contributed by atoms with E-state index in [1.165, 1.54) is 154 Å². The highest BCUT2D eigenvalue weighted by atomic mass is 31.2. The van der Waals surface area contributed by atoms with Gasteiger partial charge < -0.3 is 18.9 Å². The third kappa shape index (κ3) is 42.4. The van der Waals surface area contributed by atoms with Crippen molar-refractivity contribution in [3.8, 4) is 0 Å². The van der Waals surface area contributed by atoms with Gasteiger partial charge in [0.25, 0.3) is 0 Å². The fourth-order valence-corrected chi connectivity index (χ4v) is 7.34. The molecule has 0 amide bonds. The Morgan fingerprint density at radius 2 is 0.911 bits per heavy atom. The number of hydrogen-bond donors (Lipinski definition) is 1. The van der Waals surface area contributed by atoms with Crippen molar-refractivity contribution in [1.29, 1.82) is 0 Å². The van der Waals surface area contributed by atoms with Crippen LogP contribution in [-0.2, 0) is 32.7 Å². The van der Waals surface area contributed by atoms with Crippen LogP contribution in [0.3, 0.4) is 0 Å². The topological polar surface area (TPSA) is 108 Å². The average molecular weight is 817 g/mol. The van der Waals surface area contributed by atoms with Crippen molar-refractivity contribution in [3.63, 3.8) is 0 Å². The number of esters is 2. The van der Waals surface area contributed by atoms with E-state index in [-0.39, 0.29) is 25.6 Å². The zero-order valence-corrected chi connectivity index (χ0v) is 38.3. The zero-order valence-electron chi connectivity index (χ0n) is 37.4. The highest BCUT2D eigenvalue weighted by Crippen LogP contribution is 2.43. The average Bonchev–Trinajstić information content (AvgIpc) is 3.15. The zero-order chi connectivity index (χ0) is 41.4. The Kier molecular flexibility index (Phi) is 38.3. The summed E-state index contributed by atoms with van der Waals surface area (Å²) in [6.45, 7) is 4.44. The maximum Gasteiger partial charge on any atom is 0.472 e. The lowest BCUT2D eigenvalue weighted by molar-refractivity contribution is -0.870. The van der Waals surface area contributed by atoms with Crippen molar-refractivity contribution >= 4 is 19.8 Å². The van der Waals surface area contributed by atoms with Gasteiger partial charge in [0.1, 0.15) is 19.8 Å². The predicted molar refractivity (Wildman–Crippen MR) is 234 cm³/mol. The van der Waals surface area contributed by atoms with Gasteiger partial charge >= 0.3 is 19.8 Å². The number of rotatable bonds is 43. The molecular formula is C46H91NO8P+. The fourth-order valence-electron chi connectivity index (χ4n) is 6.60. The van der Waals surface area contributed by atoms with E-state index in [2.05, 4.69) is 26.0 Å². The molecular weight excluding hydrogens is 725 g/mol. The number of quaternary nitrogens is 1. The molecule has 0 spiro atoms. The Labute approximate surface area is 346 Å². The molecule has 0 rings (SSSR count). The Morgan fingerprint density at radius 1 is 0.536 bits per heavy atom. The minimum absolute atomic E-state index is 0.0346. The molecule has 0 heterocycles. The summed E-state index contributed by atoms with van der Waals surface area (Å²) in [5.41, 5.74) is 0. The molecule has 56 heavy (non-hydrogen) atoms. The number of carbonyl (C=O) groups excluding carboxylic acids is 2. The smallest absolute Gasteiger partial charge is 0.462 e. The summed E-state index contributed by atoms with van der Waals surface area (Å²) in [5, 5.41) is 0. The Bertz CT molecular complexity index is 969. The lowest BCUT2D eigenvalue weighted by Gasteiger charge is -2.24. The maximum absolute atomic E-state index is 12.7. The Hall–Kier alpha value is -1.25. The van der Waals surface area contributed by atoms with E-state index >= 15 is 0 Å². The number of phosphoric ester groups is 1. The molecule has 0 fully saturated rings. The number of nitrogens with zero attached hydrogens (tertiary/aromatic N) is 1. The van der Waals surface area contributed by atoms with Crippen LogP contribution in [0.5, 0.6) is 0 Å². The quantitative estimate of drug-likeness (QED) is 0.0213. The summed E-state index contributed by atoms with van der Waals surface area (Å²) < 4.78 is 34.4. The van der Waals surface area contributed by atoms with Gasteiger partial charge in [-0.3, -0.25) is 18.6 Å². The maximum atomic E-state index is 12.7. The van der Waals surface area contributed by atoms with Crippen LogP contribution < -0.4 is 0 Å². The first kappa shape index (κ1) is 54.8. The molecule has 0 radical (unpaired) electrons. The van der Waals surface area contributed by atoms with Crippen LogP contribution in [0.25, 0.3) is 0 Å². The standard InChI is InChI=1S/C46H90NO8P/c1-6-8-10-12-14-16-18-20-21-22-23-24-25-27-29-31-33-35-37-39-46(49)55-44(43-54-56(50,51)53-41-40-47(3,4)5)42-52-45(48)38-36-34-32-30-28-26-19-17-15-13-11-9-7-2/h20-21,44H,6-19,22-43H2,1-5H3/p+1/b21-20-. The van der Waals surface area contributed by atoms with Crippen LogP contribution in [0.15, 0.2) is 12.2 Å². The molecule has 9 nitrogen and oxygen atoms in total. The molecule has 0 aromatic heterocycles. The molecule has 0 aliphatic rings. The van der Waals surface area contributed by atoms with Gasteiger partial charge in [0.2, 0.25) is 0 Å². The van der Waals surface area contributed by atoms with Gasteiger partial charge in [0.05, 0.1) is 27.7 Å². The van der Waals surface area contributed by atoms with Crippen molar-refractivity contribution < 1.29 is 42.1 Å². The monoisotopic (exact) mass is 817 g/mol. The molecule has 2 unspecified atom stereocenters. The van der Waals surface area contributed by atoms with Crippen LogP contribution in [0.2, 0.25) is 0 Å². The molecule has 0 aromatic rings. The first-order valence-electron chi connectivity index (χ1n) is 23.4. The summed E-state index contributed by atoms with van der Waals surface area (Å²) >= 11 is 0.